The molecule has 0 aliphatic carbocycles. The van der Waals surface area contributed by atoms with Crippen LogP contribution in [0.1, 0.15) is 10.5 Å². The zero-order valence-electron chi connectivity index (χ0n) is 7.83. The highest BCUT2D eigenvalue weighted by atomic mass is 79.9. The van der Waals surface area contributed by atoms with Crippen LogP contribution < -0.4 is 5.73 Å². The Balaban J connectivity index is 2.54. The molecule has 0 bridgehead atoms. The van der Waals surface area contributed by atoms with E-state index in [9.17, 15) is 4.79 Å². The van der Waals surface area contributed by atoms with E-state index >= 15 is 0 Å². The van der Waals surface area contributed by atoms with Gasteiger partial charge in [0, 0.05) is 6.20 Å². The van der Waals surface area contributed by atoms with Gasteiger partial charge in [0.1, 0.15) is 6.33 Å². The summed E-state index contributed by atoms with van der Waals surface area (Å²) in [5, 5.41) is 12.6. The van der Waals surface area contributed by atoms with Crippen molar-refractivity contribution in [2.24, 2.45) is 0 Å². The van der Waals surface area contributed by atoms with Gasteiger partial charge in [-0.15, -0.1) is 0 Å². The van der Waals surface area contributed by atoms with Gasteiger partial charge in [-0.3, -0.25) is 0 Å². The maximum Gasteiger partial charge on any atom is 0.358 e. The number of halogens is 1. The summed E-state index contributed by atoms with van der Waals surface area (Å²) in [7, 11) is 0. The lowest BCUT2D eigenvalue weighted by Crippen LogP contribution is -2.04. The van der Waals surface area contributed by atoms with Crippen molar-refractivity contribution in [3.63, 3.8) is 0 Å². The number of carbonyl (C=O) groups is 1. The van der Waals surface area contributed by atoms with Crippen LogP contribution in [-0.4, -0.2) is 30.8 Å². The number of anilines is 1. The van der Waals surface area contributed by atoms with Gasteiger partial charge < -0.3 is 10.8 Å². The molecule has 0 unspecified atom stereocenters. The minimum atomic E-state index is -1.18. The molecule has 2 rings (SSSR count). The molecule has 0 saturated heterocycles. The Kier molecular flexibility index (Phi) is 2.57. The highest BCUT2D eigenvalue weighted by Gasteiger charge is 2.15. The van der Waals surface area contributed by atoms with E-state index < -0.39 is 5.97 Å². The number of aromatic nitrogens is 4. The van der Waals surface area contributed by atoms with Crippen molar-refractivity contribution in [2.45, 2.75) is 0 Å². The second kappa shape index (κ2) is 3.89. The SMILES string of the molecule is Nc1cn(-c2ncncc2Br)nc1C(=O)O. The third-order valence-corrected chi connectivity index (χ3v) is 2.37. The predicted octanol–water partition coefficient (Wildman–Crippen LogP) is 0.705. The van der Waals surface area contributed by atoms with Crippen molar-refractivity contribution >= 4 is 27.6 Å². The van der Waals surface area contributed by atoms with E-state index in [2.05, 4.69) is 31.0 Å². The fourth-order valence-corrected chi connectivity index (χ4v) is 1.54. The van der Waals surface area contributed by atoms with E-state index in [1.165, 1.54) is 23.4 Å². The molecule has 0 aromatic carbocycles. The molecule has 0 amide bonds. The summed E-state index contributed by atoms with van der Waals surface area (Å²) in [6, 6.07) is 0. The minimum Gasteiger partial charge on any atom is -0.476 e. The Hall–Kier alpha value is -1.96. The number of aromatic carboxylic acids is 1. The van der Waals surface area contributed by atoms with Gasteiger partial charge in [0.05, 0.1) is 16.4 Å². The number of carboxylic acid groups (broad SMARTS) is 1. The molecule has 2 aromatic heterocycles. The van der Waals surface area contributed by atoms with Crippen molar-refractivity contribution in [2.75, 3.05) is 5.73 Å². The minimum absolute atomic E-state index is 0.0815. The van der Waals surface area contributed by atoms with Crippen LogP contribution in [0, 0.1) is 0 Å². The van der Waals surface area contributed by atoms with Crippen LogP contribution in [0.2, 0.25) is 0 Å². The smallest absolute Gasteiger partial charge is 0.358 e. The lowest BCUT2D eigenvalue weighted by molar-refractivity contribution is 0.0691. The van der Waals surface area contributed by atoms with E-state index in [1.54, 1.807) is 0 Å². The van der Waals surface area contributed by atoms with E-state index in [1.807, 2.05) is 0 Å². The fourth-order valence-electron chi connectivity index (χ4n) is 1.14. The monoisotopic (exact) mass is 283 g/mol. The molecule has 7 nitrogen and oxygen atoms in total. The number of carboxylic acids is 1. The molecule has 0 radical (unpaired) electrons. The molecule has 8 heteroatoms. The maximum atomic E-state index is 10.8. The number of rotatable bonds is 2. The zero-order chi connectivity index (χ0) is 11.7. The summed E-state index contributed by atoms with van der Waals surface area (Å²) in [6.45, 7) is 0. The van der Waals surface area contributed by atoms with Crippen molar-refractivity contribution in [1.82, 2.24) is 19.7 Å². The number of nitrogens with two attached hydrogens (primary N) is 1. The number of nitrogen functional groups attached to an aromatic ring is 1. The third-order valence-electron chi connectivity index (χ3n) is 1.81. The molecular weight excluding hydrogens is 278 g/mol. The van der Waals surface area contributed by atoms with E-state index in [-0.39, 0.29) is 11.4 Å². The van der Waals surface area contributed by atoms with Crippen molar-refractivity contribution in [3.8, 4) is 5.82 Å². The van der Waals surface area contributed by atoms with Gasteiger partial charge >= 0.3 is 5.97 Å². The van der Waals surface area contributed by atoms with Crippen LogP contribution in [0.4, 0.5) is 5.69 Å². The van der Waals surface area contributed by atoms with Gasteiger partial charge in [-0.25, -0.2) is 19.4 Å². The van der Waals surface area contributed by atoms with Gasteiger partial charge in [0.2, 0.25) is 0 Å². The molecule has 0 saturated carbocycles. The first-order chi connectivity index (χ1) is 7.59. The average molecular weight is 284 g/mol. The lowest BCUT2D eigenvalue weighted by atomic mass is 10.4. The van der Waals surface area contributed by atoms with Crippen molar-refractivity contribution in [1.29, 1.82) is 0 Å². The molecule has 2 heterocycles. The predicted molar refractivity (Wildman–Crippen MR) is 58.2 cm³/mol. The molecule has 0 spiro atoms. The maximum absolute atomic E-state index is 10.8. The van der Waals surface area contributed by atoms with Crippen LogP contribution in [0.25, 0.3) is 5.82 Å². The third kappa shape index (κ3) is 1.74. The Morgan fingerprint density at radius 1 is 1.56 bits per heavy atom. The second-order valence-corrected chi connectivity index (χ2v) is 3.73. The van der Waals surface area contributed by atoms with Gasteiger partial charge in [-0.05, 0) is 15.9 Å². The molecule has 16 heavy (non-hydrogen) atoms. The summed E-state index contributed by atoms with van der Waals surface area (Å²) < 4.78 is 1.87. The summed E-state index contributed by atoms with van der Waals surface area (Å²) in [6.07, 6.45) is 4.25. The Morgan fingerprint density at radius 3 is 2.88 bits per heavy atom. The molecule has 0 atom stereocenters. The molecule has 2 aromatic rings. The molecule has 0 fully saturated rings. The first-order valence-electron chi connectivity index (χ1n) is 4.14. The normalized spacial score (nSPS) is 10.3. The molecule has 0 aliphatic heterocycles. The van der Waals surface area contributed by atoms with Crippen LogP contribution in [-0.2, 0) is 0 Å². The van der Waals surface area contributed by atoms with Gasteiger partial charge in [-0.1, -0.05) is 0 Å². The summed E-state index contributed by atoms with van der Waals surface area (Å²) in [5.74, 6) is -0.754. The van der Waals surface area contributed by atoms with E-state index in [0.717, 1.165) is 0 Å². The van der Waals surface area contributed by atoms with Crippen LogP contribution in [0.5, 0.6) is 0 Å². The first kappa shape index (κ1) is 10.6. The second-order valence-electron chi connectivity index (χ2n) is 2.88. The van der Waals surface area contributed by atoms with Gasteiger partial charge in [0.25, 0.3) is 0 Å². The average Bonchev–Trinajstić information content (AvgIpc) is 2.61. The quantitative estimate of drug-likeness (QED) is 0.840. The Morgan fingerprint density at radius 2 is 2.31 bits per heavy atom. The van der Waals surface area contributed by atoms with Crippen LogP contribution >= 0.6 is 15.9 Å². The first-order valence-corrected chi connectivity index (χ1v) is 4.93. The molecule has 0 aliphatic rings. The Labute approximate surface area is 98.1 Å². The number of nitrogens with zero attached hydrogens (tertiary/aromatic N) is 4. The number of hydrogen-bond donors (Lipinski definition) is 2. The van der Waals surface area contributed by atoms with Gasteiger partial charge in [0.15, 0.2) is 11.5 Å². The topological polar surface area (TPSA) is 107 Å². The largest absolute Gasteiger partial charge is 0.476 e. The van der Waals surface area contributed by atoms with Crippen molar-refractivity contribution in [3.05, 3.63) is 28.9 Å². The zero-order valence-corrected chi connectivity index (χ0v) is 9.42. The van der Waals surface area contributed by atoms with Crippen LogP contribution in [0.15, 0.2) is 23.2 Å². The molecular formula is C8H6BrN5O2. The molecule has 3 N–H and O–H groups in total. The Bertz CT molecular complexity index is 553. The lowest BCUT2D eigenvalue weighted by Gasteiger charge is -2.00. The summed E-state index contributed by atoms with van der Waals surface area (Å²) >= 11 is 3.23. The van der Waals surface area contributed by atoms with E-state index in [0.29, 0.717) is 10.3 Å². The van der Waals surface area contributed by atoms with E-state index in [4.69, 9.17) is 10.8 Å². The van der Waals surface area contributed by atoms with Crippen molar-refractivity contribution < 1.29 is 9.90 Å². The standard InChI is InChI=1S/C8H6BrN5O2/c9-4-1-11-3-12-7(4)14-2-5(10)6(13-14)8(15)16/h1-3H,10H2,(H,15,16). The molecule has 82 valence electrons. The van der Waals surface area contributed by atoms with Gasteiger partial charge in [-0.2, -0.15) is 5.10 Å². The summed E-state index contributed by atoms with van der Waals surface area (Å²) in [5.41, 5.74) is 5.39. The van der Waals surface area contributed by atoms with Crippen LogP contribution in [0.3, 0.4) is 0 Å². The number of hydrogen-bond acceptors (Lipinski definition) is 5. The fraction of sp³-hybridized carbons (Fsp3) is 0. The summed E-state index contributed by atoms with van der Waals surface area (Å²) in [4.78, 5) is 18.5. The highest BCUT2D eigenvalue weighted by Crippen LogP contribution is 2.18. The highest BCUT2D eigenvalue weighted by molar-refractivity contribution is 9.10.